The molecule has 10 heavy (non-hydrogen) atoms. The molecule has 1 rings (SSSR count). The number of aliphatic hydroxyl groups is 1. The maximum absolute atomic E-state index is 12.5. The van der Waals surface area contributed by atoms with Crippen LogP contribution in [0.1, 0.15) is 5.56 Å². The van der Waals surface area contributed by atoms with Crippen molar-refractivity contribution in [3.63, 3.8) is 0 Å². The smallest absolute Gasteiger partial charge is 0.226 e. The number of nitrogens with zero attached hydrogens (tertiary/aromatic N) is 1. The summed E-state index contributed by atoms with van der Waals surface area (Å²) in [4.78, 5) is 3.40. The van der Waals surface area contributed by atoms with Crippen molar-refractivity contribution in [3.8, 4) is 0 Å². The summed E-state index contributed by atoms with van der Waals surface area (Å²) in [5, 5.41) is 8.64. The summed E-state index contributed by atoms with van der Waals surface area (Å²) in [6.07, 6.45) is 1.34. The highest BCUT2D eigenvalue weighted by atomic mass is 127. The summed E-state index contributed by atoms with van der Waals surface area (Å²) in [7, 11) is 0. The van der Waals surface area contributed by atoms with E-state index in [4.69, 9.17) is 5.11 Å². The summed E-state index contributed by atoms with van der Waals surface area (Å²) in [5.74, 6) is -0.521. The molecular formula is C6H5FINO. The molecule has 0 spiro atoms. The molecule has 54 valence electrons. The Labute approximate surface area is 71.2 Å². The number of aliphatic hydroxyl groups excluding tert-OH is 1. The van der Waals surface area contributed by atoms with Crippen LogP contribution in [0, 0.1) is 9.52 Å². The van der Waals surface area contributed by atoms with Gasteiger partial charge in [0.2, 0.25) is 5.95 Å². The molecule has 0 aliphatic heterocycles. The van der Waals surface area contributed by atoms with Gasteiger partial charge in [0.15, 0.2) is 0 Å². The van der Waals surface area contributed by atoms with Gasteiger partial charge in [-0.2, -0.15) is 4.39 Å². The zero-order chi connectivity index (χ0) is 7.56. The van der Waals surface area contributed by atoms with E-state index in [-0.39, 0.29) is 6.61 Å². The number of hydrogen-bond acceptors (Lipinski definition) is 2. The Hall–Kier alpha value is -0.230. The number of halogens is 2. The van der Waals surface area contributed by atoms with Gasteiger partial charge in [-0.3, -0.25) is 0 Å². The lowest BCUT2D eigenvalue weighted by Crippen LogP contribution is -1.94. The summed E-state index contributed by atoms with van der Waals surface area (Å²) in [6, 6.07) is 1.59. The number of hydrogen-bond donors (Lipinski definition) is 1. The van der Waals surface area contributed by atoms with Gasteiger partial charge in [-0.05, 0) is 34.2 Å². The Morgan fingerprint density at radius 2 is 2.40 bits per heavy atom. The highest BCUT2D eigenvalue weighted by Crippen LogP contribution is 2.13. The molecule has 1 heterocycles. The quantitative estimate of drug-likeness (QED) is 0.604. The fourth-order valence-electron chi connectivity index (χ4n) is 0.577. The molecule has 1 aromatic rings. The van der Waals surface area contributed by atoms with E-state index in [0.717, 1.165) is 0 Å². The average Bonchev–Trinajstić information content (AvgIpc) is 1.95. The van der Waals surface area contributed by atoms with E-state index in [1.807, 2.05) is 22.6 Å². The lowest BCUT2D eigenvalue weighted by atomic mass is 10.3. The first-order valence-corrected chi connectivity index (χ1v) is 3.73. The first-order chi connectivity index (χ1) is 4.75. The minimum absolute atomic E-state index is 0.141. The molecule has 0 saturated heterocycles. The van der Waals surface area contributed by atoms with Crippen molar-refractivity contribution >= 4 is 22.6 Å². The van der Waals surface area contributed by atoms with Gasteiger partial charge in [0.25, 0.3) is 0 Å². The van der Waals surface area contributed by atoms with E-state index < -0.39 is 5.95 Å². The standard InChI is InChI=1S/C6H5FINO/c7-6-5(8)4(3-10)1-2-9-6/h1-2,10H,3H2. The lowest BCUT2D eigenvalue weighted by molar-refractivity contribution is 0.279. The second-order valence-electron chi connectivity index (χ2n) is 1.73. The van der Waals surface area contributed by atoms with Crippen LogP contribution in [-0.2, 0) is 6.61 Å². The van der Waals surface area contributed by atoms with Crippen molar-refractivity contribution in [2.24, 2.45) is 0 Å². The Morgan fingerprint density at radius 3 is 2.90 bits per heavy atom. The molecule has 0 radical (unpaired) electrons. The fourth-order valence-corrected chi connectivity index (χ4v) is 1.07. The van der Waals surface area contributed by atoms with Gasteiger partial charge in [-0.25, -0.2) is 4.98 Å². The number of rotatable bonds is 1. The molecule has 0 aliphatic carbocycles. The topological polar surface area (TPSA) is 33.1 Å². The molecule has 1 aromatic heterocycles. The summed E-state index contributed by atoms with van der Waals surface area (Å²) in [6.45, 7) is -0.141. The molecular weight excluding hydrogens is 248 g/mol. The SMILES string of the molecule is OCc1ccnc(F)c1I. The van der Waals surface area contributed by atoms with Crippen LogP contribution in [0.2, 0.25) is 0 Å². The van der Waals surface area contributed by atoms with Crippen LogP contribution in [0.3, 0.4) is 0 Å². The summed E-state index contributed by atoms with van der Waals surface area (Å²) in [5.41, 5.74) is 0.577. The van der Waals surface area contributed by atoms with Gasteiger partial charge in [-0.15, -0.1) is 0 Å². The zero-order valence-corrected chi connectivity index (χ0v) is 7.17. The van der Waals surface area contributed by atoms with Crippen molar-refractivity contribution in [2.75, 3.05) is 0 Å². The first kappa shape index (κ1) is 7.87. The third-order valence-electron chi connectivity index (χ3n) is 1.10. The predicted octanol–water partition coefficient (Wildman–Crippen LogP) is 1.32. The van der Waals surface area contributed by atoms with Crippen molar-refractivity contribution in [3.05, 3.63) is 27.3 Å². The van der Waals surface area contributed by atoms with Crippen molar-refractivity contribution in [1.82, 2.24) is 4.98 Å². The van der Waals surface area contributed by atoms with Crippen LogP contribution in [0.25, 0.3) is 0 Å². The highest BCUT2D eigenvalue weighted by molar-refractivity contribution is 14.1. The molecule has 0 bridgehead atoms. The van der Waals surface area contributed by atoms with Crippen LogP contribution >= 0.6 is 22.6 Å². The summed E-state index contributed by atoms with van der Waals surface area (Å²) >= 11 is 1.81. The summed E-state index contributed by atoms with van der Waals surface area (Å²) < 4.78 is 12.9. The third-order valence-corrected chi connectivity index (χ3v) is 2.23. The van der Waals surface area contributed by atoms with Crippen LogP contribution in [0.5, 0.6) is 0 Å². The van der Waals surface area contributed by atoms with Gasteiger partial charge in [0, 0.05) is 6.20 Å². The third kappa shape index (κ3) is 1.43. The Balaban J connectivity index is 3.14. The van der Waals surface area contributed by atoms with E-state index in [1.165, 1.54) is 6.20 Å². The zero-order valence-electron chi connectivity index (χ0n) is 5.01. The Morgan fingerprint density at radius 1 is 1.70 bits per heavy atom. The fraction of sp³-hybridized carbons (Fsp3) is 0.167. The maximum atomic E-state index is 12.5. The van der Waals surface area contributed by atoms with Crippen LogP contribution in [0.4, 0.5) is 4.39 Å². The van der Waals surface area contributed by atoms with E-state index in [2.05, 4.69) is 4.98 Å². The minimum atomic E-state index is -0.521. The van der Waals surface area contributed by atoms with Gasteiger partial charge < -0.3 is 5.11 Å². The van der Waals surface area contributed by atoms with Crippen molar-refractivity contribution in [2.45, 2.75) is 6.61 Å². The molecule has 4 heteroatoms. The Kier molecular flexibility index (Phi) is 2.56. The largest absolute Gasteiger partial charge is 0.392 e. The molecule has 0 saturated carbocycles. The number of aromatic nitrogens is 1. The average molecular weight is 253 g/mol. The normalized spacial score (nSPS) is 9.90. The molecule has 0 atom stereocenters. The maximum Gasteiger partial charge on any atom is 0.226 e. The predicted molar refractivity (Wildman–Crippen MR) is 42.8 cm³/mol. The van der Waals surface area contributed by atoms with Gasteiger partial charge in [0.1, 0.15) is 0 Å². The van der Waals surface area contributed by atoms with E-state index in [1.54, 1.807) is 6.07 Å². The molecule has 0 aliphatic rings. The molecule has 0 unspecified atom stereocenters. The van der Waals surface area contributed by atoms with Crippen molar-refractivity contribution < 1.29 is 9.50 Å². The monoisotopic (exact) mass is 253 g/mol. The van der Waals surface area contributed by atoms with Gasteiger partial charge in [0.05, 0.1) is 10.2 Å². The van der Waals surface area contributed by atoms with E-state index in [0.29, 0.717) is 9.13 Å². The van der Waals surface area contributed by atoms with Crippen LogP contribution < -0.4 is 0 Å². The highest BCUT2D eigenvalue weighted by Gasteiger charge is 2.03. The van der Waals surface area contributed by atoms with Crippen LogP contribution in [0.15, 0.2) is 12.3 Å². The lowest BCUT2D eigenvalue weighted by Gasteiger charge is -1.98. The molecule has 0 amide bonds. The van der Waals surface area contributed by atoms with E-state index >= 15 is 0 Å². The van der Waals surface area contributed by atoms with Gasteiger partial charge in [-0.1, -0.05) is 0 Å². The second-order valence-corrected chi connectivity index (χ2v) is 2.81. The first-order valence-electron chi connectivity index (χ1n) is 2.65. The molecule has 1 N–H and O–H groups in total. The van der Waals surface area contributed by atoms with Crippen molar-refractivity contribution in [1.29, 1.82) is 0 Å². The molecule has 0 fully saturated rings. The molecule has 2 nitrogen and oxygen atoms in total. The minimum Gasteiger partial charge on any atom is -0.392 e. The van der Waals surface area contributed by atoms with E-state index in [9.17, 15) is 4.39 Å². The Bertz CT molecular complexity index is 241. The van der Waals surface area contributed by atoms with Gasteiger partial charge >= 0.3 is 0 Å². The van der Waals surface area contributed by atoms with Crippen LogP contribution in [-0.4, -0.2) is 10.1 Å². The second kappa shape index (κ2) is 3.25. The molecule has 0 aromatic carbocycles. The number of pyridine rings is 1.